The standard InChI is InChI=1S/C22H18Cl2N4/c23-16-6-1-13(2-7-16)11-15-5-10-19-20(28-22(26)21(25)27-19)18(15)12-14-3-8-17(24)9-4-14/h1-10H,11-12H2,(H2,25,27)(H2,26,28). The third-order valence-electron chi connectivity index (χ3n) is 4.70. The van der Waals surface area contributed by atoms with Gasteiger partial charge in [0.25, 0.3) is 0 Å². The van der Waals surface area contributed by atoms with E-state index in [1.165, 1.54) is 0 Å². The van der Waals surface area contributed by atoms with Crippen LogP contribution in [-0.2, 0) is 12.8 Å². The van der Waals surface area contributed by atoms with Gasteiger partial charge < -0.3 is 11.5 Å². The molecule has 0 atom stereocenters. The molecule has 6 heteroatoms. The first-order valence-corrected chi connectivity index (χ1v) is 9.57. The highest BCUT2D eigenvalue weighted by atomic mass is 35.5. The van der Waals surface area contributed by atoms with Gasteiger partial charge in [0, 0.05) is 10.0 Å². The smallest absolute Gasteiger partial charge is 0.166 e. The summed E-state index contributed by atoms with van der Waals surface area (Å²) in [5.74, 6) is 0.490. The molecular weight excluding hydrogens is 391 g/mol. The molecule has 0 unspecified atom stereocenters. The number of rotatable bonds is 4. The molecule has 4 rings (SSSR count). The van der Waals surface area contributed by atoms with Crippen LogP contribution in [0.2, 0.25) is 10.0 Å². The molecule has 4 N–H and O–H groups in total. The van der Waals surface area contributed by atoms with E-state index in [9.17, 15) is 0 Å². The Morgan fingerprint density at radius 3 is 1.79 bits per heavy atom. The molecule has 0 aliphatic rings. The molecule has 0 saturated heterocycles. The minimum Gasteiger partial charge on any atom is -0.381 e. The van der Waals surface area contributed by atoms with E-state index in [4.69, 9.17) is 34.7 Å². The maximum atomic E-state index is 6.04. The van der Waals surface area contributed by atoms with Gasteiger partial charge in [-0.2, -0.15) is 0 Å². The quantitative estimate of drug-likeness (QED) is 0.481. The Balaban J connectivity index is 1.83. The van der Waals surface area contributed by atoms with Gasteiger partial charge in [-0.15, -0.1) is 0 Å². The van der Waals surface area contributed by atoms with Crippen molar-refractivity contribution in [1.82, 2.24) is 9.97 Å². The van der Waals surface area contributed by atoms with Crippen LogP contribution in [0.3, 0.4) is 0 Å². The van der Waals surface area contributed by atoms with Gasteiger partial charge in [-0.25, -0.2) is 9.97 Å². The van der Waals surface area contributed by atoms with Crippen molar-refractivity contribution in [2.75, 3.05) is 11.5 Å². The van der Waals surface area contributed by atoms with E-state index in [0.29, 0.717) is 11.4 Å². The Morgan fingerprint density at radius 1 is 0.643 bits per heavy atom. The van der Waals surface area contributed by atoms with E-state index < -0.39 is 0 Å². The third-order valence-corrected chi connectivity index (χ3v) is 5.20. The molecule has 4 nitrogen and oxygen atoms in total. The molecule has 3 aromatic carbocycles. The molecule has 1 aromatic heterocycles. The van der Waals surface area contributed by atoms with Crippen LogP contribution in [0.4, 0.5) is 11.6 Å². The maximum Gasteiger partial charge on any atom is 0.166 e. The average molecular weight is 409 g/mol. The lowest BCUT2D eigenvalue weighted by Crippen LogP contribution is -2.05. The molecule has 1 heterocycles. The molecular formula is C22H18Cl2N4. The van der Waals surface area contributed by atoms with Crippen molar-refractivity contribution in [3.63, 3.8) is 0 Å². The van der Waals surface area contributed by atoms with Crippen LogP contribution in [0, 0.1) is 0 Å². The number of hydrogen-bond donors (Lipinski definition) is 2. The van der Waals surface area contributed by atoms with E-state index in [1.807, 2.05) is 54.6 Å². The van der Waals surface area contributed by atoms with Gasteiger partial charge in [-0.05, 0) is 65.4 Å². The molecule has 28 heavy (non-hydrogen) atoms. The summed E-state index contributed by atoms with van der Waals surface area (Å²) in [6.45, 7) is 0. The van der Waals surface area contributed by atoms with E-state index in [0.717, 1.165) is 44.7 Å². The Hall–Kier alpha value is -2.82. The van der Waals surface area contributed by atoms with Gasteiger partial charge in [0.05, 0.1) is 11.0 Å². The second-order valence-corrected chi connectivity index (χ2v) is 7.54. The first kappa shape index (κ1) is 18.5. The SMILES string of the molecule is Nc1nc2ccc(Cc3ccc(Cl)cc3)c(Cc3ccc(Cl)cc3)c2nc1N. The van der Waals surface area contributed by atoms with E-state index in [1.54, 1.807) is 0 Å². The summed E-state index contributed by atoms with van der Waals surface area (Å²) in [5, 5.41) is 1.43. The van der Waals surface area contributed by atoms with Crippen LogP contribution >= 0.6 is 23.2 Å². The minimum absolute atomic E-state index is 0.244. The first-order valence-electron chi connectivity index (χ1n) is 8.82. The first-order chi connectivity index (χ1) is 13.5. The van der Waals surface area contributed by atoms with E-state index in [-0.39, 0.29) is 11.6 Å². The number of fused-ring (bicyclic) bond motifs is 1. The van der Waals surface area contributed by atoms with Crippen molar-refractivity contribution in [1.29, 1.82) is 0 Å². The van der Waals surface area contributed by atoms with Crippen LogP contribution < -0.4 is 11.5 Å². The van der Waals surface area contributed by atoms with Crippen LogP contribution in [0.15, 0.2) is 60.7 Å². The fourth-order valence-electron chi connectivity index (χ4n) is 3.24. The van der Waals surface area contributed by atoms with Gasteiger partial charge in [-0.1, -0.05) is 53.5 Å². The summed E-state index contributed by atoms with van der Waals surface area (Å²) in [6, 6.07) is 19.7. The third kappa shape index (κ3) is 3.88. The predicted octanol–water partition coefficient (Wildman–Crippen LogP) is 5.28. The molecule has 0 saturated carbocycles. The Kier molecular flexibility index (Phi) is 5.07. The van der Waals surface area contributed by atoms with E-state index in [2.05, 4.69) is 16.0 Å². The van der Waals surface area contributed by atoms with Crippen LogP contribution in [0.25, 0.3) is 11.0 Å². The minimum atomic E-state index is 0.244. The Morgan fingerprint density at radius 2 is 1.18 bits per heavy atom. The number of nitrogens with two attached hydrogens (primary N) is 2. The predicted molar refractivity (Wildman–Crippen MR) is 117 cm³/mol. The molecule has 0 aliphatic heterocycles. The summed E-state index contributed by atoms with van der Waals surface area (Å²) in [6.07, 6.45) is 1.44. The van der Waals surface area contributed by atoms with Gasteiger partial charge in [0.1, 0.15) is 0 Å². The maximum absolute atomic E-state index is 6.04. The second-order valence-electron chi connectivity index (χ2n) is 6.67. The fourth-order valence-corrected chi connectivity index (χ4v) is 3.49. The van der Waals surface area contributed by atoms with Crippen molar-refractivity contribution in [2.24, 2.45) is 0 Å². The molecule has 0 aliphatic carbocycles. The number of halogens is 2. The fraction of sp³-hybridized carbons (Fsp3) is 0.0909. The number of anilines is 2. The second kappa shape index (κ2) is 7.66. The number of nitrogen functional groups attached to an aromatic ring is 2. The van der Waals surface area contributed by atoms with Crippen LogP contribution in [0.1, 0.15) is 22.3 Å². The van der Waals surface area contributed by atoms with Crippen molar-refractivity contribution in [3.05, 3.63) is 93.0 Å². The van der Waals surface area contributed by atoms with Crippen molar-refractivity contribution < 1.29 is 0 Å². The highest BCUT2D eigenvalue weighted by molar-refractivity contribution is 6.30. The zero-order valence-corrected chi connectivity index (χ0v) is 16.5. The normalized spacial score (nSPS) is 11.1. The van der Waals surface area contributed by atoms with Crippen LogP contribution in [-0.4, -0.2) is 9.97 Å². The topological polar surface area (TPSA) is 77.8 Å². The number of aromatic nitrogens is 2. The lowest BCUT2D eigenvalue weighted by Gasteiger charge is -2.14. The molecule has 0 amide bonds. The Bertz CT molecular complexity index is 1140. The highest BCUT2D eigenvalue weighted by Gasteiger charge is 2.14. The van der Waals surface area contributed by atoms with E-state index >= 15 is 0 Å². The number of nitrogens with zero attached hydrogens (tertiary/aromatic N) is 2. The lowest BCUT2D eigenvalue weighted by molar-refractivity contribution is 1.09. The number of hydrogen-bond acceptors (Lipinski definition) is 4. The summed E-state index contributed by atoms with van der Waals surface area (Å²) in [4.78, 5) is 8.95. The average Bonchev–Trinajstić information content (AvgIpc) is 2.68. The van der Waals surface area contributed by atoms with Crippen molar-refractivity contribution >= 4 is 45.9 Å². The molecule has 4 aromatic rings. The highest BCUT2D eigenvalue weighted by Crippen LogP contribution is 2.28. The molecule has 0 spiro atoms. The zero-order chi connectivity index (χ0) is 19.7. The van der Waals surface area contributed by atoms with Gasteiger partial charge >= 0.3 is 0 Å². The van der Waals surface area contributed by atoms with Crippen LogP contribution in [0.5, 0.6) is 0 Å². The summed E-state index contributed by atoms with van der Waals surface area (Å²) >= 11 is 12.1. The largest absolute Gasteiger partial charge is 0.381 e. The van der Waals surface area contributed by atoms with Gasteiger partial charge in [0.15, 0.2) is 11.6 Å². The Labute approximate surface area is 173 Å². The van der Waals surface area contributed by atoms with Gasteiger partial charge in [0.2, 0.25) is 0 Å². The van der Waals surface area contributed by atoms with Crippen molar-refractivity contribution in [3.8, 4) is 0 Å². The monoisotopic (exact) mass is 408 g/mol. The molecule has 0 bridgehead atoms. The summed E-state index contributed by atoms with van der Waals surface area (Å²) in [7, 11) is 0. The molecule has 0 fully saturated rings. The number of benzene rings is 3. The summed E-state index contributed by atoms with van der Waals surface area (Å²) < 4.78 is 0. The lowest BCUT2D eigenvalue weighted by atomic mass is 9.93. The summed E-state index contributed by atoms with van der Waals surface area (Å²) in [5.41, 5.74) is 17.8. The van der Waals surface area contributed by atoms with Crippen molar-refractivity contribution in [2.45, 2.75) is 12.8 Å². The van der Waals surface area contributed by atoms with Gasteiger partial charge in [-0.3, -0.25) is 0 Å². The molecule has 0 radical (unpaired) electrons. The zero-order valence-electron chi connectivity index (χ0n) is 15.0. The molecule has 140 valence electrons.